The van der Waals surface area contributed by atoms with Crippen LogP contribution in [-0.4, -0.2) is 65.6 Å². The van der Waals surface area contributed by atoms with Crippen molar-refractivity contribution in [2.75, 3.05) is 35.0 Å². The molecular formula is C30H27F4N7O4S2. The summed E-state index contributed by atoms with van der Waals surface area (Å²) in [4.78, 5) is 36.4. The van der Waals surface area contributed by atoms with Gasteiger partial charge in [0.1, 0.15) is 12.1 Å². The predicted octanol–water partition coefficient (Wildman–Crippen LogP) is 6.05. The Morgan fingerprint density at radius 1 is 1.09 bits per heavy atom. The summed E-state index contributed by atoms with van der Waals surface area (Å²) in [5, 5.41) is 6.75. The van der Waals surface area contributed by atoms with Crippen LogP contribution in [-0.2, 0) is 21.1 Å². The molecule has 47 heavy (non-hydrogen) atoms. The first kappa shape index (κ1) is 33.6. The van der Waals surface area contributed by atoms with Gasteiger partial charge in [-0.3, -0.25) is 9.69 Å². The number of aromatic nitrogens is 3. The minimum absolute atomic E-state index is 0.0494. The minimum atomic E-state index is -5.51. The van der Waals surface area contributed by atoms with Gasteiger partial charge in [0.05, 0.1) is 27.7 Å². The molecule has 1 saturated heterocycles. The summed E-state index contributed by atoms with van der Waals surface area (Å²) >= 11 is 1.10. The molecule has 11 nitrogen and oxygen atoms in total. The third-order valence-electron chi connectivity index (χ3n) is 6.99. The van der Waals surface area contributed by atoms with Crippen molar-refractivity contribution in [2.45, 2.75) is 30.2 Å². The Morgan fingerprint density at radius 3 is 2.45 bits per heavy atom. The van der Waals surface area contributed by atoms with Crippen LogP contribution in [0.3, 0.4) is 0 Å². The number of hydrogen-bond donors (Lipinski definition) is 1. The van der Waals surface area contributed by atoms with E-state index < -0.39 is 32.1 Å². The number of thioether (sulfide) groups is 1. The van der Waals surface area contributed by atoms with Gasteiger partial charge in [-0.2, -0.15) is 18.2 Å². The van der Waals surface area contributed by atoms with Gasteiger partial charge in [0.25, 0.3) is 9.84 Å². The van der Waals surface area contributed by atoms with Crippen molar-refractivity contribution in [1.82, 2.24) is 14.8 Å². The first-order valence-corrected chi connectivity index (χ1v) is 16.5. The fraction of sp³-hybridized carbons (Fsp3) is 0.233. The average molecular weight is 690 g/mol. The zero-order valence-electron chi connectivity index (χ0n) is 25.1. The van der Waals surface area contributed by atoms with E-state index in [1.165, 1.54) is 28.0 Å². The SMILES string of the molecule is CCCc1ccc(N(C)C)cc1N1C(=O)CS/C1=N\C(=O)Nc1ccc(-c2ncn(-c3ccc(S(=O)(=O)C(F)(F)F)cc3)n2)cc1F. The monoisotopic (exact) mass is 689 g/mol. The third kappa shape index (κ3) is 7.00. The molecule has 4 aromatic rings. The molecule has 1 aliphatic rings. The van der Waals surface area contributed by atoms with Crippen LogP contribution in [0.2, 0.25) is 0 Å². The summed E-state index contributed by atoms with van der Waals surface area (Å²) in [7, 11) is -1.75. The zero-order valence-corrected chi connectivity index (χ0v) is 26.7. The van der Waals surface area contributed by atoms with Gasteiger partial charge in [-0.1, -0.05) is 31.2 Å². The van der Waals surface area contributed by atoms with Gasteiger partial charge in [0.2, 0.25) is 5.91 Å². The fourth-order valence-electron chi connectivity index (χ4n) is 4.62. The van der Waals surface area contributed by atoms with Crippen LogP contribution in [0.25, 0.3) is 17.1 Å². The molecule has 2 heterocycles. The number of halogens is 4. The van der Waals surface area contributed by atoms with Crippen LogP contribution in [0.4, 0.5) is 39.4 Å². The minimum Gasteiger partial charge on any atom is -0.378 e. The number of carbonyl (C=O) groups is 2. The Bertz CT molecular complexity index is 1980. The van der Waals surface area contributed by atoms with Gasteiger partial charge in [0, 0.05) is 25.3 Å². The zero-order chi connectivity index (χ0) is 34.1. The van der Waals surface area contributed by atoms with E-state index in [9.17, 15) is 31.2 Å². The molecule has 3 aromatic carbocycles. The van der Waals surface area contributed by atoms with E-state index in [1.807, 2.05) is 44.1 Å². The highest BCUT2D eigenvalue weighted by molar-refractivity contribution is 8.15. The normalized spacial score (nSPS) is 14.6. The lowest BCUT2D eigenvalue weighted by atomic mass is 10.1. The highest BCUT2D eigenvalue weighted by Crippen LogP contribution is 2.34. The molecule has 0 radical (unpaired) electrons. The van der Waals surface area contributed by atoms with E-state index in [2.05, 4.69) is 20.4 Å². The lowest BCUT2D eigenvalue weighted by Crippen LogP contribution is -2.31. The molecule has 5 rings (SSSR count). The number of amides is 3. The molecule has 1 aliphatic heterocycles. The molecule has 246 valence electrons. The number of alkyl halides is 3. The van der Waals surface area contributed by atoms with E-state index in [4.69, 9.17) is 0 Å². The number of nitrogens with zero attached hydrogens (tertiary/aromatic N) is 6. The first-order valence-electron chi connectivity index (χ1n) is 14.0. The second kappa shape index (κ2) is 13.2. The van der Waals surface area contributed by atoms with E-state index in [1.54, 1.807) is 0 Å². The molecule has 3 amide bonds. The van der Waals surface area contributed by atoms with Crippen molar-refractivity contribution in [3.63, 3.8) is 0 Å². The van der Waals surface area contributed by atoms with Crippen LogP contribution in [0, 0.1) is 5.82 Å². The topological polar surface area (TPSA) is 130 Å². The molecule has 0 atom stereocenters. The first-order chi connectivity index (χ1) is 22.2. The number of aryl methyl sites for hydroxylation is 1. The molecule has 0 spiro atoms. The predicted molar refractivity (Wildman–Crippen MR) is 171 cm³/mol. The van der Waals surface area contributed by atoms with Crippen molar-refractivity contribution in [1.29, 1.82) is 0 Å². The Morgan fingerprint density at radius 2 is 1.81 bits per heavy atom. The summed E-state index contributed by atoms with van der Waals surface area (Å²) in [5.41, 5.74) is -2.79. The number of sulfone groups is 1. The quantitative estimate of drug-likeness (QED) is 0.221. The van der Waals surface area contributed by atoms with Gasteiger partial charge >= 0.3 is 11.5 Å². The summed E-state index contributed by atoms with van der Waals surface area (Å²) < 4.78 is 78.0. The van der Waals surface area contributed by atoms with E-state index in [0.717, 1.165) is 59.8 Å². The highest BCUT2D eigenvalue weighted by Gasteiger charge is 2.46. The second-order valence-electron chi connectivity index (χ2n) is 10.5. The van der Waals surface area contributed by atoms with Crippen LogP contribution in [0.1, 0.15) is 18.9 Å². The third-order valence-corrected chi connectivity index (χ3v) is 9.41. The Balaban J connectivity index is 1.33. The summed E-state index contributed by atoms with van der Waals surface area (Å²) in [6.45, 7) is 2.02. The van der Waals surface area contributed by atoms with E-state index >= 15 is 4.39 Å². The number of rotatable bonds is 8. The number of carbonyl (C=O) groups excluding carboxylic acids is 2. The Kier molecular flexibility index (Phi) is 9.40. The number of anilines is 3. The average Bonchev–Trinajstić information content (AvgIpc) is 3.65. The van der Waals surface area contributed by atoms with E-state index in [0.29, 0.717) is 12.1 Å². The van der Waals surface area contributed by atoms with Crippen LogP contribution in [0.15, 0.2) is 76.9 Å². The lowest BCUT2D eigenvalue weighted by molar-refractivity contribution is -0.115. The maximum Gasteiger partial charge on any atom is 0.501 e. The van der Waals surface area contributed by atoms with Crippen molar-refractivity contribution >= 4 is 55.8 Å². The van der Waals surface area contributed by atoms with E-state index in [-0.39, 0.29) is 39.6 Å². The van der Waals surface area contributed by atoms with Crippen LogP contribution < -0.4 is 15.1 Å². The highest BCUT2D eigenvalue weighted by atomic mass is 32.2. The maximum absolute atomic E-state index is 15.1. The number of aliphatic imine (C=N–C) groups is 1. The number of hydrogen-bond acceptors (Lipinski definition) is 8. The van der Waals surface area contributed by atoms with Gasteiger partial charge < -0.3 is 10.2 Å². The van der Waals surface area contributed by atoms with Crippen molar-refractivity contribution < 1.29 is 35.6 Å². The smallest absolute Gasteiger partial charge is 0.378 e. The fourth-order valence-corrected chi connectivity index (χ4v) is 6.24. The summed E-state index contributed by atoms with van der Waals surface area (Å²) in [5.74, 6) is -0.929. The maximum atomic E-state index is 15.1. The molecule has 1 aromatic heterocycles. The molecule has 1 N–H and O–H groups in total. The van der Waals surface area contributed by atoms with Crippen molar-refractivity contribution in [3.05, 3.63) is 78.4 Å². The number of amidine groups is 1. The Labute approximate surface area is 271 Å². The Hall–Kier alpha value is -4.77. The molecule has 0 unspecified atom stereocenters. The standard InChI is InChI=1S/C30H27F4N7O4S2/c1-4-5-18-6-8-21(39(2)3)15-25(18)41-26(42)16-46-29(41)37-28(43)36-24-13-7-19(14-23(24)31)27-35-17-40(38-27)20-9-11-22(12-10-20)47(44,45)30(32,33)34/h6-15,17H,4-5,16H2,1-3H3,(H,36,43)/b37-29-. The van der Waals surface area contributed by atoms with Gasteiger partial charge in [-0.05, 0) is 66.6 Å². The van der Waals surface area contributed by atoms with Crippen LogP contribution in [0.5, 0.6) is 0 Å². The number of nitrogens with one attached hydrogen (secondary N) is 1. The largest absolute Gasteiger partial charge is 0.501 e. The lowest BCUT2D eigenvalue weighted by Gasteiger charge is -2.22. The molecule has 17 heteroatoms. The van der Waals surface area contributed by atoms with Gasteiger partial charge in [0.15, 0.2) is 11.0 Å². The van der Waals surface area contributed by atoms with Gasteiger partial charge in [-0.25, -0.2) is 27.3 Å². The summed E-state index contributed by atoms with van der Waals surface area (Å²) in [6.07, 6.45) is 2.77. The molecule has 1 fully saturated rings. The molecule has 0 bridgehead atoms. The van der Waals surface area contributed by atoms with Gasteiger partial charge in [-0.15, -0.1) is 5.10 Å². The van der Waals surface area contributed by atoms with Crippen molar-refractivity contribution in [2.24, 2.45) is 4.99 Å². The number of urea groups is 1. The molecule has 0 aliphatic carbocycles. The molecular weight excluding hydrogens is 663 g/mol. The molecule has 0 saturated carbocycles. The van der Waals surface area contributed by atoms with Crippen molar-refractivity contribution in [3.8, 4) is 17.1 Å². The van der Waals surface area contributed by atoms with Crippen LogP contribution >= 0.6 is 11.8 Å². The second-order valence-corrected chi connectivity index (χ2v) is 13.3. The number of benzene rings is 3. The summed E-state index contributed by atoms with van der Waals surface area (Å²) in [6, 6.07) is 12.5.